The first-order valence-electron chi connectivity index (χ1n) is 7.45. The normalized spacial score (nSPS) is 11.6. The lowest BCUT2D eigenvalue weighted by atomic mass is 10.1. The van der Waals surface area contributed by atoms with Gasteiger partial charge < -0.3 is 4.74 Å². The molecule has 7 heteroatoms. The van der Waals surface area contributed by atoms with Gasteiger partial charge in [0.2, 0.25) is 0 Å². The zero-order valence-electron chi connectivity index (χ0n) is 13.7. The molecule has 4 nitrogen and oxygen atoms in total. The monoisotopic (exact) mass is 350 g/mol. The van der Waals surface area contributed by atoms with Crippen molar-refractivity contribution in [3.05, 3.63) is 64.7 Å². The molecule has 1 N–H and O–H groups in total. The van der Waals surface area contributed by atoms with Gasteiger partial charge in [0.25, 0.3) is 5.91 Å². The molecule has 0 aromatic heterocycles. The number of benzene rings is 2. The van der Waals surface area contributed by atoms with Crippen LogP contribution in [0.1, 0.15) is 22.3 Å². The number of alkyl halides is 3. The Balaban J connectivity index is 1.83. The largest absolute Gasteiger partial charge is 0.484 e. The molecule has 2 aromatic carbocycles. The summed E-state index contributed by atoms with van der Waals surface area (Å²) in [6, 6.07) is 9.92. The predicted molar refractivity (Wildman–Crippen MR) is 88.6 cm³/mol. The number of rotatable bonds is 5. The zero-order valence-corrected chi connectivity index (χ0v) is 13.7. The number of hydrogen-bond acceptors (Lipinski definition) is 3. The average molecular weight is 350 g/mol. The Labute approximate surface area is 143 Å². The maximum atomic E-state index is 12.4. The van der Waals surface area contributed by atoms with E-state index in [0.717, 1.165) is 23.3 Å². The summed E-state index contributed by atoms with van der Waals surface area (Å²) in [5.41, 5.74) is 4.13. The Kier molecular flexibility index (Phi) is 5.80. The van der Waals surface area contributed by atoms with Crippen molar-refractivity contribution in [1.82, 2.24) is 5.43 Å². The Hall–Kier alpha value is -2.83. The van der Waals surface area contributed by atoms with Gasteiger partial charge >= 0.3 is 6.18 Å². The van der Waals surface area contributed by atoms with Crippen LogP contribution < -0.4 is 10.2 Å². The molecular formula is C18H17F3N2O2. The molecule has 1 amide bonds. The van der Waals surface area contributed by atoms with E-state index in [1.54, 1.807) is 6.07 Å². The van der Waals surface area contributed by atoms with Gasteiger partial charge in [-0.15, -0.1) is 0 Å². The number of nitrogens with one attached hydrogen (secondary N) is 1. The molecule has 0 aliphatic rings. The fraction of sp³-hybridized carbons (Fsp3) is 0.222. The van der Waals surface area contributed by atoms with Gasteiger partial charge in [-0.05, 0) is 54.8 Å². The molecule has 2 rings (SSSR count). The molecule has 0 heterocycles. The van der Waals surface area contributed by atoms with E-state index in [0.29, 0.717) is 11.3 Å². The molecular weight excluding hydrogens is 333 g/mol. The van der Waals surface area contributed by atoms with E-state index in [-0.39, 0.29) is 6.61 Å². The van der Waals surface area contributed by atoms with Crippen LogP contribution in [0, 0.1) is 13.8 Å². The van der Waals surface area contributed by atoms with E-state index in [1.165, 1.54) is 18.3 Å². The Morgan fingerprint density at radius 3 is 2.40 bits per heavy atom. The topological polar surface area (TPSA) is 50.7 Å². The SMILES string of the molecule is Cc1ccc(OCC(=O)N/N=C\c2ccc(C(F)(F)F)cc2)cc1C. The molecule has 0 atom stereocenters. The zero-order chi connectivity index (χ0) is 18.4. The van der Waals surface area contributed by atoms with E-state index >= 15 is 0 Å². The number of hydrogen-bond donors (Lipinski definition) is 1. The third-order valence-corrected chi connectivity index (χ3v) is 3.49. The van der Waals surface area contributed by atoms with Crippen LogP contribution in [-0.2, 0) is 11.0 Å². The molecule has 0 bridgehead atoms. The fourth-order valence-electron chi connectivity index (χ4n) is 1.92. The second-order valence-electron chi connectivity index (χ2n) is 5.45. The second kappa shape index (κ2) is 7.83. The van der Waals surface area contributed by atoms with Crippen molar-refractivity contribution in [2.45, 2.75) is 20.0 Å². The number of aryl methyl sites for hydroxylation is 2. The van der Waals surface area contributed by atoms with Gasteiger partial charge in [-0.3, -0.25) is 4.79 Å². The minimum Gasteiger partial charge on any atom is -0.484 e. The highest BCUT2D eigenvalue weighted by atomic mass is 19.4. The summed E-state index contributed by atoms with van der Waals surface area (Å²) in [6.45, 7) is 3.70. The van der Waals surface area contributed by atoms with Crippen molar-refractivity contribution in [1.29, 1.82) is 0 Å². The molecule has 0 radical (unpaired) electrons. The number of ether oxygens (including phenoxy) is 1. The lowest BCUT2D eigenvalue weighted by Gasteiger charge is -2.07. The highest BCUT2D eigenvalue weighted by Gasteiger charge is 2.29. The molecule has 132 valence electrons. The Morgan fingerprint density at radius 2 is 1.80 bits per heavy atom. The van der Waals surface area contributed by atoms with Crippen molar-refractivity contribution in [2.75, 3.05) is 6.61 Å². The van der Waals surface area contributed by atoms with Crippen LogP contribution in [0.2, 0.25) is 0 Å². The van der Waals surface area contributed by atoms with Crippen molar-refractivity contribution in [3.63, 3.8) is 0 Å². The van der Waals surface area contributed by atoms with Crippen molar-refractivity contribution < 1.29 is 22.7 Å². The first-order valence-corrected chi connectivity index (χ1v) is 7.45. The third-order valence-electron chi connectivity index (χ3n) is 3.49. The van der Waals surface area contributed by atoms with Crippen LogP contribution in [0.15, 0.2) is 47.6 Å². The fourth-order valence-corrected chi connectivity index (χ4v) is 1.92. The minimum atomic E-state index is -4.38. The maximum absolute atomic E-state index is 12.4. The van der Waals surface area contributed by atoms with Gasteiger partial charge in [-0.25, -0.2) is 5.43 Å². The number of carbonyl (C=O) groups is 1. The van der Waals surface area contributed by atoms with Crippen molar-refractivity contribution in [3.8, 4) is 5.75 Å². The van der Waals surface area contributed by atoms with Crippen molar-refractivity contribution in [2.24, 2.45) is 5.10 Å². The number of amides is 1. The maximum Gasteiger partial charge on any atom is 0.416 e. The van der Waals surface area contributed by atoms with Crippen LogP contribution in [-0.4, -0.2) is 18.7 Å². The van der Waals surface area contributed by atoms with Crippen LogP contribution in [0.4, 0.5) is 13.2 Å². The molecule has 2 aromatic rings. The molecule has 0 aliphatic heterocycles. The molecule has 0 fully saturated rings. The van der Waals surface area contributed by atoms with Crippen LogP contribution >= 0.6 is 0 Å². The molecule has 25 heavy (non-hydrogen) atoms. The van der Waals surface area contributed by atoms with E-state index < -0.39 is 17.6 Å². The molecule has 0 saturated carbocycles. The number of nitrogens with zero attached hydrogens (tertiary/aromatic N) is 1. The summed E-state index contributed by atoms with van der Waals surface area (Å²) in [6.07, 6.45) is -3.12. The van der Waals surface area contributed by atoms with E-state index in [4.69, 9.17) is 4.74 Å². The summed E-state index contributed by atoms with van der Waals surface area (Å²) >= 11 is 0. The standard InChI is InChI=1S/C18H17F3N2O2/c1-12-3-8-16(9-13(12)2)25-11-17(24)23-22-10-14-4-6-15(7-5-14)18(19,20)21/h3-10H,11H2,1-2H3,(H,23,24)/b22-10-. The molecule has 0 aliphatic carbocycles. The van der Waals surface area contributed by atoms with Gasteiger partial charge in [-0.2, -0.15) is 18.3 Å². The lowest BCUT2D eigenvalue weighted by Crippen LogP contribution is -2.24. The van der Waals surface area contributed by atoms with E-state index in [9.17, 15) is 18.0 Å². The Bertz CT molecular complexity index is 769. The number of hydrazone groups is 1. The van der Waals surface area contributed by atoms with Gasteiger partial charge in [0.1, 0.15) is 5.75 Å². The minimum absolute atomic E-state index is 0.215. The highest BCUT2D eigenvalue weighted by molar-refractivity contribution is 5.82. The van der Waals surface area contributed by atoms with Crippen molar-refractivity contribution >= 4 is 12.1 Å². The first-order chi connectivity index (χ1) is 11.8. The molecule has 0 unspecified atom stereocenters. The average Bonchev–Trinajstić information content (AvgIpc) is 2.55. The first kappa shape index (κ1) is 18.5. The molecule has 0 spiro atoms. The van der Waals surface area contributed by atoms with Crippen LogP contribution in [0.3, 0.4) is 0 Å². The highest BCUT2D eigenvalue weighted by Crippen LogP contribution is 2.28. The number of carbonyl (C=O) groups excluding carboxylic acids is 1. The summed E-state index contributed by atoms with van der Waals surface area (Å²) < 4.78 is 42.7. The quantitative estimate of drug-likeness (QED) is 0.658. The van der Waals surface area contributed by atoms with E-state index in [2.05, 4.69) is 10.5 Å². The molecule has 0 saturated heterocycles. The Morgan fingerprint density at radius 1 is 1.12 bits per heavy atom. The van der Waals surface area contributed by atoms with Crippen LogP contribution in [0.5, 0.6) is 5.75 Å². The van der Waals surface area contributed by atoms with Gasteiger partial charge in [0.15, 0.2) is 6.61 Å². The number of halogens is 3. The summed E-state index contributed by atoms with van der Waals surface area (Å²) in [7, 11) is 0. The summed E-state index contributed by atoms with van der Waals surface area (Å²) in [5.74, 6) is 0.103. The predicted octanol–water partition coefficient (Wildman–Crippen LogP) is 3.85. The summed E-state index contributed by atoms with van der Waals surface area (Å²) in [4.78, 5) is 11.6. The van der Waals surface area contributed by atoms with Gasteiger partial charge in [0, 0.05) is 0 Å². The van der Waals surface area contributed by atoms with Gasteiger partial charge in [0.05, 0.1) is 11.8 Å². The van der Waals surface area contributed by atoms with Gasteiger partial charge in [-0.1, -0.05) is 18.2 Å². The third kappa shape index (κ3) is 5.63. The second-order valence-corrected chi connectivity index (χ2v) is 5.45. The summed E-state index contributed by atoms with van der Waals surface area (Å²) in [5, 5.41) is 3.69. The van der Waals surface area contributed by atoms with Crippen LogP contribution in [0.25, 0.3) is 0 Å². The lowest BCUT2D eigenvalue weighted by molar-refractivity contribution is -0.137. The van der Waals surface area contributed by atoms with E-state index in [1.807, 2.05) is 26.0 Å². The smallest absolute Gasteiger partial charge is 0.416 e.